The van der Waals surface area contributed by atoms with Crippen molar-refractivity contribution in [1.29, 1.82) is 0 Å². The average molecular weight is 1120 g/mol. The predicted molar refractivity (Wildman–Crippen MR) is 353 cm³/mol. The van der Waals surface area contributed by atoms with Gasteiger partial charge < -0.3 is 14.2 Å². The first-order valence-corrected chi connectivity index (χ1v) is 33.7. The highest BCUT2D eigenvalue weighted by atomic mass is 16.6. The minimum atomic E-state index is -0.835. The molecule has 6 nitrogen and oxygen atoms in total. The number of hydrogen-bond donors (Lipinski definition) is 0. The monoisotopic (exact) mass is 1120 g/mol. The molecular formula is C75H124O6. The van der Waals surface area contributed by atoms with Gasteiger partial charge in [-0.3, -0.25) is 14.4 Å². The average Bonchev–Trinajstić information content (AvgIpc) is 3.46. The molecule has 1 atom stereocenters. The van der Waals surface area contributed by atoms with Crippen molar-refractivity contribution < 1.29 is 28.6 Å². The molecule has 0 N–H and O–H groups in total. The molecule has 0 aliphatic heterocycles. The molecule has 460 valence electrons. The summed E-state index contributed by atoms with van der Waals surface area (Å²) in [5.41, 5.74) is 0. The number of esters is 3. The van der Waals surface area contributed by atoms with E-state index in [1.54, 1.807) is 0 Å². The van der Waals surface area contributed by atoms with Crippen molar-refractivity contribution in [2.45, 2.75) is 309 Å². The highest BCUT2D eigenvalue weighted by molar-refractivity contribution is 5.71. The van der Waals surface area contributed by atoms with Crippen LogP contribution in [-0.2, 0) is 28.6 Å². The van der Waals surface area contributed by atoms with E-state index in [0.29, 0.717) is 19.3 Å². The van der Waals surface area contributed by atoms with Gasteiger partial charge in [0.05, 0.1) is 0 Å². The lowest BCUT2D eigenvalue weighted by Gasteiger charge is -2.18. The Morgan fingerprint density at radius 1 is 0.259 bits per heavy atom. The maximum Gasteiger partial charge on any atom is 0.306 e. The van der Waals surface area contributed by atoms with E-state index in [-0.39, 0.29) is 44.0 Å². The first-order valence-electron chi connectivity index (χ1n) is 33.7. The molecule has 0 heterocycles. The molecule has 0 saturated carbocycles. The molecule has 0 bridgehead atoms. The van der Waals surface area contributed by atoms with E-state index in [1.165, 1.54) is 154 Å². The summed E-state index contributed by atoms with van der Waals surface area (Å²) in [7, 11) is 0. The second-order valence-electron chi connectivity index (χ2n) is 22.0. The van der Waals surface area contributed by atoms with Gasteiger partial charge in [-0.05, 0) is 122 Å². The maximum atomic E-state index is 12.9. The molecule has 1 unspecified atom stereocenters. The maximum absolute atomic E-state index is 12.9. The Labute approximate surface area is 500 Å². The van der Waals surface area contributed by atoms with Gasteiger partial charge in [-0.25, -0.2) is 0 Å². The fourth-order valence-corrected chi connectivity index (χ4v) is 9.16. The van der Waals surface area contributed by atoms with E-state index in [0.717, 1.165) is 96.3 Å². The van der Waals surface area contributed by atoms with Gasteiger partial charge in [0.1, 0.15) is 13.2 Å². The zero-order valence-corrected chi connectivity index (χ0v) is 52.8. The molecule has 0 amide bonds. The van der Waals surface area contributed by atoms with Gasteiger partial charge in [0.2, 0.25) is 0 Å². The Morgan fingerprint density at radius 2 is 0.506 bits per heavy atom. The number of unbranched alkanes of at least 4 members (excludes halogenated alkanes) is 27. The summed E-state index contributed by atoms with van der Waals surface area (Å²) < 4.78 is 16.8. The van der Waals surface area contributed by atoms with Gasteiger partial charge in [-0.1, -0.05) is 296 Å². The summed E-state index contributed by atoms with van der Waals surface area (Å²) >= 11 is 0. The molecule has 0 rings (SSSR count). The predicted octanol–water partition coefficient (Wildman–Crippen LogP) is 23.3. The van der Waals surface area contributed by atoms with Crippen LogP contribution in [0.2, 0.25) is 0 Å². The van der Waals surface area contributed by atoms with Crippen molar-refractivity contribution >= 4 is 17.9 Å². The van der Waals surface area contributed by atoms with Crippen molar-refractivity contribution in [1.82, 2.24) is 0 Å². The van der Waals surface area contributed by atoms with E-state index in [1.807, 2.05) is 12.2 Å². The van der Waals surface area contributed by atoms with Crippen LogP contribution in [-0.4, -0.2) is 37.2 Å². The number of carbonyl (C=O) groups excluding carboxylic acids is 3. The van der Waals surface area contributed by atoms with Crippen LogP contribution in [0, 0.1) is 0 Å². The van der Waals surface area contributed by atoms with E-state index < -0.39 is 6.10 Å². The first kappa shape index (κ1) is 76.5. The van der Waals surface area contributed by atoms with Crippen LogP contribution in [0.5, 0.6) is 0 Å². The van der Waals surface area contributed by atoms with Crippen molar-refractivity contribution in [3.8, 4) is 0 Å². The lowest BCUT2D eigenvalue weighted by Crippen LogP contribution is -2.30. The molecular weight excluding hydrogens is 997 g/mol. The molecule has 0 aliphatic rings. The minimum Gasteiger partial charge on any atom is -0.462 e. The van der Waals surface area contributed by atoms with Crippen molar-refractivity contribution in [2.24, 2.45) is 0 Å². The summed E-state index contributed by atoms with van der Waals surface area (Å²) in [5, 5.41) is 0. The minimum absolute atomic E-state index is 0.120. The lowest BCUT2D eigenvalue weighted by atomic mass is 10.0. The molecule has 0 radical (unpaired) electrons. The van der Waals surface area contributed by atoms with Crippen molar-refractivity contribution in [3.63, 3.8) is 0 Å². The molecule has 0 aromatic rings. The van der Waals surface area contributed by atoms with Crippen LogP contribution < -0.4 is 0 Å². The summed E-state index contributed by atoms with van der Waals surface area (Å²) in [5.74, 6) is -1.05. The summed E-state index contributed by atoms with van der Waals surface area (Å²) in [6.07, 6.45) is 96.5. The fraction of sp³-hybridized carbons (Fsp3) is 0.667. The number of carbonyl (C=O) groups is 3. The van der Waals surface area contributed by atoms with Crippen LogP contribution in [0.1, 0.15) is 303 Å². The molecule has 0 aromatic carbocycles. The van der Waals surface area contributed by atoms with Gasteiger partial charge in [0.15, 0.2) is 6.10 Å². The molecule has 0 saturated heterocycles. The quantitative estimate of drug-likeness (QED) is 0.0261. The van der Waals surface area contributed by atoms with Gasteiger partial charge in [-0.2, -0.15) is 0 Å². The third-order valence-electron chi connectivity index (χ3n) is 14.1. The van der Waals surface area contributed by atoms with Crippen LogP contribution >= 0.6 is 0 Å². The Morgan fingerprint density at radius 3 is 0.864 bits per heavy atom. The fourth-order valence-electron chi connectivity index (χ4n) is 9.16. The van der Waals surface area contributed by atoms with Crippen LogP contribution in [0.15, 0.2) is 134 Å². The van der Waals surface area contributed by atoms with Gasteiger partial charge in [0, 0.05) is 19.3 Å². The standard InChI is InChI=1S/C75H124O6/c1-4-7-10-13-16-19-22-25-27-29-31-33-34-35-36-37-38-39-40-42-43-45-47-50-53-56-59-62-65-68-74(77)80-71-72(70-79-73(76)67-64-61-58-55-52-49-24-21-18-15-12-9-6-3)81-75(78)69-66-63-60-57-54-51-48-46-44-41-32-30-28-26-23-20-17-14-11-8-5-2/h8-9,11-12,17-18,20-21,26,28-29,31-32,41,46,48-49,52,54,57-58,61,72H,4-7,10,13-16,19,22-25,27,30,33-40,42-45,47,50-51,53,55-56,59-60,62-71H2,1-3H3/b11-8-,12-9-,20-17-,21-18-,28-26-,31-29-,41-32-,48-46-,52-49-,57-54-,61-58-. The molecule has 0 aromatic heterocycles. The van der Waals surface area contributed by atoms with Crippen LogP contribution in [0.25, 0.3) is 0 Å². The molecule has 81 heavy (non-hydrogen) atoms. The first-order chi connectivity index (χ1) is 40.0. The lowest BCUT2D eigenvalue weighted by molar-refractivity contribution is -0.166. The van der Waals surface area contributed by atoms with Gasteiger partial charge >= 0.3 is 17.9 Å². The summed E-state index contributed by atoms with van der Waals surface area (Å²) in [4.78, 5) is 38.3. The number of ether oxygens (including phenoxy) is 3. The SMILES string of the molecule is CC/C=C\C/C=C\C/C=C\C/C=C\C/C=C\C/C=C\CCCCC(=O)OC(COC(=O)CC/C=C\C/C=C\C/C=C\C/C=C\CC)COC(=O)CCCCCCCCCCCCCCCCCCC/C=C\CCCCCCCCCC. The third-order valence-corrected chi connectivity index (χ3v) is 14.1. The van der Waals surface area contributed by atoms with Crippen LogP contribution in [0.4, 0.5) is 0 Å². The number of hydrogen-bond acceptors (Lipinski definition) is 6. The Hall–Kier alpha value is -4.45. The Kier molecular flexibility index (Phi) is 64.3. The third kappa shape index (κ3) is 66.2. The van der Waals surface area contributed by atoms with Crippen molar-refractivity contribution in [3.05, 3.63) is 134 Å². The zero-order valence-electron chi connectivity index (χ0n) is 52.8. The largest absolute Gasteiger partial charge is 0.462 e. The molecule has 0 aliphatic carbocycles. The molecule has 0 spiro atoms. The van der Waals surface area contributed by atoms with Crippen LogP contribution in [0.3, 0.4) is 0 Å². The summed E-state index contributed by atoms with van der Waals surface area (Å²) in [6.45, 7) is 6.33. The highest BCUT2D eigenvalue weighted by Gasteiger charge is 2.19. The number of allylic oxidation sites excluding steroid dienone is 22. The zero-order chi connectivity index (χ0) is 58.5. The molecule has 6 heteroatoms. The van der Waals surface area contributed by atoms with E-state index in [4.69, 9.17) is 14.2 Å². The highest BCUT2D eigenvalue weighted by Crippen LogP contribution is 2.16. The van der Waals surface area contributed by atoms with Crippen molar-refractivity contribution in [2.75, 3.05) is 13.2 Å². The smallest absolute Gasteiger partial charge is 0.306 e. The van der Waals surface area contributed by atoms with E-state index in [9.17, 15) is 14.4 Å². The summed E-state index contributed by atoms with van der Waals surface area (Å²) in [6, 6.07) is 0. The number of rotatable bonds is 60. The molecule has 0 fully saturated rings. The van der Waals surface area contributed by atoms with E-state index >= 15 is 0 Å². The van der Waals surface area contributed by atoms with Gasteiger partial charge in [0.25, 0.3) is 0 Å². The van der Waals surface area contributed by atoms with E-state index in [2.05, 4.69) is 142 Å². The second-order valence-corrected chi connectivity index (χ2v) is 22.0. The Bertz CT molecular complexity index is 1720. The topological polar surface area (TPSA) is 78.9 Å². The second kappa shape index (κ2) is 68.1. The Balaban J connectivity index is 4.35. The normalized spacial score (nSPS) is 13.0. The van der Waals surface area contributed by atoms with Gasteiger partial charge in [-0.15, -0.1) is 0 Å².